The Bertz CT molecular complexity index is 185. The van der Waals surface area contributed by atoms with Crippen LogP contribution in [0.2, 0.25) is 0 Å². The highest BCUT2D eigenvalue weighted by atomic mass is 14.8. The molecule has 1 heteroatoms. The van der Waals surface area contributed by atoms with Crippen LogP contribution in [-0.4, -0.2) is 0 Å². The molecule has 1 rings (SSSR count). The average molecular weight is 119 g/mol. The zero-order chi connectivity index (χ0) is 6.53. The highest BCUT2D eigenvalue weighted by Crippen LogP contribution is 1.94. The van der Waals surface area contributed by atoms with Crippen LogP contribution in [0.25, 0.3) is 0 Å². The molecule has 46 valence electrons. The van der Waals surface area contributed by atoms with Gasteiger partial charge in [-0.1, -0.05) is 18.7 Å². The lowest BCUT2D eigenvalue weighted by molar-refractivity contribution is 1.12. The molecule has 0 aromatic rings. The summed E-state index contributed by atoms with van der Waals surface area (Å²) in [6.45, 7) is 3.63. The van der Waals surface area contributed by atoms with Crippen molar-refractivity contribution in [3.8, 4) is 0 Å². The molecule has 0 fully saturated rings. The summed E-state index contributed by atoms with van der Waals surface area (Å²) in [5.41, 5.74) is 1.03. The van der Waals surface area contributed by atoms with Crippen LogP contribution in [0.15, 0.2) is 48.9 Å². The molecule has 1 aliphatic heterocycles. The van der Waals surface area contributed by atoms with E-state index in [0.29, 0.717) is 0 Å². The Morgan fingerprint density at radius 2 is 2.22 bits per heavy atom. The van der Waals surface area contributed by atoms with Gasteiger partial charge in [-0.25, -0.2) is 0 Å². The highest BCUT2D eigenvalue weighted by molar-refractivity contribution is 5.26. The van der Waals surface area contributed by atoms with Gasteiger partial charge in [0.1, 0.15) is 0 Å². The summed E-state index contributed by atoms with van der Waals surface area (Å²) in [7, 11) is 0. The maximum absolute atomic E-state index is 3.63. The van der Waals surface area contributed by atoms with E-state index < -0.39 is 0 Å². The molecule has 0 unspecified atom stereocenters. The van der Waals surface area contributed by atoms with Gasteiger partial charge in [-0.15, -0.1) is 0 Å². The molecular formula is C8H9N. The van der Waals surface area contributed by atoms with Crippen LogP contribution in [0.5, 0.6) is 0 Å². The number of rotatable bonds is 1. The van der Waals surface area contributed by atoms with Gasteiger partial charge in [-0.3, -0.25) is 0 Å². The zero-order valence-corrected chi connectivity index (χ0v) is 5.17. The summed E-state index contributed by atoms with van der Waals surface area (Å²) in [6, 6.07) is 0. The largest absolute Gasteiger partial charge is 0.362 e. The van der Waals surface area contributed by atoms with E-state index in [1.54, 1.807) is 6.08 Å². The van der Waals surface area contributed by atoms with E-state index in [1.807, 2.05) is 30.5 Å². The van der Waals surface area contributed by atoms with Crippen LogP contribution in [0.4, 0.5) is 0 Å². The van der Waals surface area contributed by atoms with Crippen LogP contribution in [-0.2, 0) is 0 Å². The van der Waals surface area contributed by atoms with Crippen LogP contribution >= 0.6 is 0 Å². The fourth-order valence-corrected chi connectivity index (χ4v) is 0.598. The Balaban J connectivity index is 2.73. The van der Waals surface area contributed by atoms with E-state index in [4.69, 9.17) is 0 Å². The molecule has 0 spiro atoms. The van der Waals surface area contributed by atoms with E-state index in [-0.39, 0.29) is 0 Å². The number of hydrogen-bond donors (Lipinski definition) is 1. The smallest absolute Gasteiger partial charge is 0.0373 e. The molecule has 0 radical (unpaired) electrons. The summed E-state index contributed by atoms with van der Waals surface area (Å²) in [6.07, 6.45) is 11.5. The predicted octanol–water partition coefficient (Wildman–Crippen LogP) is 1.73. The van der Waals surface area contributed by atoms with E-state index in [9.17, 15) is 0 Å². The lowest BCUT2D eigenvalue weighted by Gasteiger charge is -1.95. The van der Waals surface area contributed by atoms with Gasteiger partial charge in [0.15, 0.2) is 0 Å². The Hall–Kier alpha value is -1.24. The molecule has 0 saturated carbocycles. The van der Waals surface area contributed by atoms with Crippen LogP contribution in [0, 0.1) is 0 Å². The number of allylic oxidation sites excluding steroid dienone is 5. The molecule has 0 bridgehead atoms. The van der Waals surface area contributed by atoms with Gasteiger partial charge in [0.05, 0.1) is 0 Å². The molecule has 1 nitrogen and oxygen atoms in total. The van der Waals surface area contributed by atoms with Crippen molar-refractivity contribution in [2.24, 2.45) is 0 Å². The topological polar surface area (TPSA) is 12.0 Å². The molecule has 1 aliphatic rings. The first-order chi connectivity index (χ1) is 4.43. The average Bonchev–Trinajstić information content (AvgIpc) is 2.13. The molecule has 0 aromatic carbocycles. The molecular weight excluding hydrogens is 110 g/mol. The van der Waals surface area contributed by atoms with Crippen LogP contribution < -0.4 is 5.32 Å². The minimum Gasteiger partial charge on any atom is -0.362 e. The molecule has 0 atom stereocenters. The molecule has 1 heterocycles. The number of nitrogens with one attached hydrogen (secondary N) is 1. The standard InChI is InChI=1S/C8H9N/c1-2-8-6-4-3-5-7-9-8/h2-7,9H,1H2. The van der Waals surface area contributed by atoms with Gasteiger partial charge in [0.2, 0.25) is 0 Å². The summed E-state index contributed by atoms with van der Waals surface area (Å²) < 4.78 is 0. The van der Waals surface area contributed by atoms with E-state index in [0.717, 1.165) is 5.70 Å². The second-order valence-corrected chi connectivity index (χ2v) is 1.71. The Kier molecular flexibility index (Phi) is 1.91. The van der Waals surface area contributed by atoms with Gasteiger partial charge in [-0.05, 0) is 18.2 Å². The monoisotopic (exact) mass is 119 g/mol. The third-order valence-electron chi connectivity index (χ3n) is 1.06. The lowest BCUT2D eigenvalue weighted by atomic mass is 10.4. The molecule has 1 N–H and O–H groups in total. The van der Waals surface area contributed by atoms with Gasteiger partial charge in [0, 0.05) is 11.9 Å². The number of hydrogen-bond acceptors (Lipinski definition) is 1. The fourth-order valence-electron chi connectivity index (χ4n) is 0.598. The SMILES string of the molecule is C=CC1=CC=CC=CN1. The summed E-state index contributed by atoms with van der Waals surface area (Å²) in [5, 5.41) is 3.03. The molecule has 0 saturated heterocycles. The predicted molar refractivity (Wildman–Crippen MR) is 39.7 cm³/mol. The summed E-state index contributed by atoms with van der Waals surface area (Å²) in [5.74, 6) is 0. The highest BCUT2D eigenvalue weighted by Gasteiger charge is 1.83. The minimum absolute atomic E-state index is 1.03. The Morgan fingerprint density at radius 3 is 3.00 bits per heavy atom. The first kappa shape index (κ1) is 5.89. The molecule has 0 aromatic heterocycles. The Labute approximate surface area is 55.1 Å². The van der Waals surface area contributed by atoms with E-state index in [1.165, 1.54) is 0 Å². The van der Waals surface area contributed by atoms with Gasteiger partial charge >= 0.3 is 0 Å². The zero-order valence-electron chi connectivity index (χ0n) is 5.17. The first-order valence-corrected chi connectivity index (χ1v) is 2.86. The van der Waals surface area contributed by atoms with Crippen molar-refractivity contribution in [1.29, 1.82) is 0 Å². The van der Waals surface area contributed by atoms with Crippen molar-refractivity contribution < 1.29 is 0 Å². The van der Waals surface area contributed by atoms with E-state index in [2.05, 4.69) is 11.9 Å². The maximum atomic E-state index is 3.63. The second-order valence-electron chi connectivity index (χ2n) is 1.71. The molecule has 0 amide bonds. The maximum Gasteiger partial charge on any atom is 0.0373 e. The summed E-state index contributed by atoms with van der Waals surface area (Å²) >= 11 is 0. The van der Waals surface area contributed by atoms with Gasteiger partial charge < -0.3 is 5.32 Å². The first-order valence-electron chi connectivity index (χ1n) is 2.86. The van der Waals surface area contributed by atoms with Crippen molar-refractivity contribution >= 4 is 0 Å². The van der Waals surface area contributed by atoms with Crippen molar-refractivity contribution in [2.45, 2.75) is 0 Å². The van der Waals surface area contributed by atoms with Crippen molar-refractivity contribution in [1.82, 2.24) is 5.32 Å². The molecule has 0 aliphatic carbocycles. The van der Waals surface area contributed by atoms with Gasteiger partial charge in [0.25, 0.3) is 0 Å². The Morgan fingerprint density at radius 1 is 1.33 bits per heavy atom. The van der Waals surface area contributed by atoms with Crippen molar-refractivity contribution in [2.75, 3.05) is 0 Å². The van der Waals surface area contributed by atoms with Crippen molar-refractivity contribution in [3.63, 3.8) is 0 Å². The van der Waals surface area contributed by atoms with Crippen LogP contribution in [0.3, 0.4) is 0 Å². The molecule has 9 heavy (non-hydrogen) atoms. The minimum atomic E-state index is 1.03. The third-order valence-corrected chi connectivity index (χ3v) is 1.06. The lowest BCUT2D eigenvalue weighted by Crippen LogP contribution is -1.99. The van der Waals surface area contributed by atoms with Gasteiger partial charge in [-0.2, -0.15) is 0 Å². The quantitative estimate of drug-likeness (QED) is 0.554. The van der Waals surface area contributed by atoms with E-state index >= 15 is 0 Å². The fraction of sp³-hybridized carbons (Fsp3) is 0. The summed E-state index contributed by atoms with van der Waals surface area (Å²) in [4.78, 5) is 0. The third kappa shape index (κ3) is 1.61. The van der Waals surface area contributed by atoms with Crippen LogP contribution in [0.1, 0.15) is 0 Å². The second kappa shape index (κ2) is 2.92. The normalized spacial score (nSPS) is 15.8. The van der Waals surface area contributed by atoms with Crippen molar-refractivity contribution in [3.05, 3.63) is 48.9 Å².